The number of ether oxygens (including phenoxy) is 1. The number of hydrogen-bond acceptors (Lipinski definition) is 3. The number of halogens is 2. The smallest absolute Gasteiger partial charge is 0.280 e. The van der Waals surface area contributed by atoms with Crippen LogP contribution in [0.25, 0.3) is 0 Å². The predicted molar refractivity (Wildman–Crippen MR) is 56.8 cm³/mol. The molecule has 1 aromatic rings. The Balaban J connectivity index is 2.12. The molecule has 0 aromatic carbocycles. The van der Waals surface area contributed by atoms with E-state index in [2.05, 4.69) is 4.98 Å². The van der Waals surface area contributed by atoms with Crippen LogP contribution in [-0.4, -0.2) is 31.3 Å². The highest BCUT2D eigenvalue weighted by Crippen LogP contribution is 2.25. The fourth-order valence-corrected chi connectivity index (χ4v) is 1.91. The van der Waals surface area contributed by atoms with Crippen molar-refractivity contribution in [3.63, 3.8) is 0 Å². The van der Waals surface area contributed by atoms with Gasteiger partial charge in [-0.1, -0.05) is 0 Å². The molecular formula is C11H14F2N2O. The van der Waals surface area contributed by atoms with E-state index in [-0.39, 0.29) is 11.8 Å². The Morgan fingerprint density at radius 3 is 3.00 bits per heavy atom. The molecule has 1 aliphatic heterocycles. The molecule has 1 aromatic heterocycles. The van der Waals surface area contributed by atoms with Crippen LogP contribution in [0.2, 0.25) is 0 Å². The number of methoxy groups -OCH3 is 1. The average Bonchev–Trinajstić information content (AvgIpc) is 2.77. The summed E-state index contributed by atoms with van der Waals surface area (Å²) in [4.78, 5) is 5.68. The molecule has 1 saturated heterocycles. The maximum atomic E-state index is 12.5. The van der Waals surface area contributed by atoms with Gasteiger partial charge in [0, 0.05) is 32.1 Å². The number of alkyl halides is 2. The predicted octanol–water partition coefficient (Wildman–Crippen LogP) is 2.24. The van der Waals surface area contributed by atoms with Gasteiger partial charge in [0.1, 0.15) is 5.69 Å². The minimum absolute atomic E-state index is 0.168. The molecule has 3 nitrogen and oxygen atoms in total. The molecule has 1 aliphatic rings. The highest BCUT2D eigenvalue weighted by Gasteiger charge is 2.23. The number of nitrogens with zero attached hydrogens (tertiary/aromatic N) is 2. The molecule has 1 fully saturated rings. The van der Waals surface area contributed by atoms with E-state index in [9.17, 15) is 8.78 Å². The Hall–Kier alpha value is -1.23. The van der Waals surface area contributed by atoms with Crippen molar-refractivity contribution < 1.29 is 13.5 Å². The summed E-state index contributed by atoms with van der Waals surface area (Å²) >= 11 is 0. The summed E-state index contributed by atoms with van der Waals surface area (Å²) in [5.74, 6) is 0. The summed E-state index contributed by atoms with van der Waals surface area (Å²) < 4.78 is 30.2. The summed E-state index contributed by atoms with van der Waals surface area (Å²) in [5.41, 5.74) is 0.628. The average molecular weight is 228 g/mol. The van der Waals surface area contributed by atoms with E-state index >= 15 is 0 Å². The minimum atomic E-state index is -2.51. The fraction of sp³-hybridized carbons (Fsp3) is 0.545. The lowest BCUT2D eigenvalue weighted by Crippen LogP contribution is -2.22. The van der Waals surface area contributed by atoms with Crippen LogP contribution in [0.3, 0.4) is 0 Å². The van der Waals surface area contributed by atoms with E-state index in [1.807, 2.05) is 4.90 Å². The van der Waals surface area contributed by atoms with Gasteiger partial charge in [-0.15, -0.1) is 0 Å². The Morgan fingerprint density at radius 2 is 2.38 bits per heavy atom. The van der Waals surface area contributed by atoms with Crippen molar-refractivity contribution in [2.75, 3.05) is 25.1 Å². The van der Waals surface area contributed by atoms with E-state index in [4.69, 9.17) is 4.74 Å². The summed E-state index contributed by atoms with van der Waals surface area (Å²) in [6, 6.07) is 3.20. The van der Waals surface area contributed by atoms with Crippen LogP contribution in [0.1, 0.15) is 18.5 Å². The first-order valence-electron chi connectivity index (χ1n) is 5.22. The third-order valence-electron chi connectivity index (χ3n) is 2.83. The Labute approximate surface area is 93.0 Å². The molecule has 0 radical (unpaired) electrons. The molecule has 5 heteroatoms. The second kappa shape index (κ2) is 4.74. The lowest BCUT2D eigenvalue weighted by Gasteiger charge is -2.18. The number of hydrogen-bond donors (Lipinski definition) is 0. The number of aromatic nitrogens is 1. The van der Waals surface area contributed by atoms with Crippen LogP contribution >= 0.6 is 0 Å². The number of pyridine rings is 1. The van der Waals surface area contributed by atoms with Crippen molar-refractivity contribution >= 4 is 5.69 Å². The van der Waals surface area contributed by atoms with Crippen LogP contribution < -0.4 is 4.90 Å². The molecule has 0 bridgehead atoms. The zero-order valence-corrected chi connectivity index (χ0v) is 9.07. The van der Waals surface area contributed by atoms with Crippen molar-refractivity contribution in [1.82, 2.24) is 4.98 Å². The highest BCUT2D eigenvalue weighted by atomic mass is 19.3. The molecule has 0 saturated carbocycles. The van der Waals surface area contributed by atoms with Gasteiger partial charge < -0.3 is 9.64 Å². The first kappa shape index (κ1) is 11.3. The summed E-state index contributed by atoms with van der Waals surface area (Å²) in [6.45, 7) is 1.59. The second-order valence-electron chi connectivity index (χ2n) is 3.83. The molecule has 0 aliphatic carbocycles. The van der Waals surface area contributed by atoms with Gasteiger partial charge >= 0.3 is 0 Å². The fourth-order valence-electron chi connectivity index (χ4n) is 1.91. The maximum absolute atomic E-state index is 12.5. The monoisotopic (exact) mass is 228 g/mol. The van der Waals surface area contributed by atoms with Crippen molar-refractivity contribution in [2.24, 2.45) is 0 Å². The van der Waals surface area contributed by atoms with Crippen LogP contribution in [0.4, 0.5) is 14.5 Å². The quantitative estimate of drug-likeness (QED) is 0.793. The van der Waals surface area contributed by atoms with E-state index in [0.29, 0.717) is 0 Å². The second-order valence-corrected chi connectivity index (χ2v) is 3.83. The molecule has 0 N–H and O–H groups in total. The normalized spacial score (nSPS) is 20.8. The molecule has 88 valence electrons. The summed E-state index contributed by atoms with van der Waals surface area (Å²) in [5, 5.41) is 0. The molecule has 16 heavy (non-hydrogen) atoms. The molecular weight excluding hydrogens is 214 g/mol. The molecule has 2 heterocycles. The number of rotatable bonds is 3. The highest BCUT2D eigenvalue weighted by molar-refractivity contribution is 5.47. The first-order valence-corrected chi connectivity index (χ1v) is 5.22. The van der Waals surface area contributed by atoms with Gasteiger partial charge in [0.2, 0.25) is 0 Å². The lowest BCUT2D eigenvalue weighted by molar-refractivity contribution is 0.121. The van der Waals surface area contributed by atoms with Crippen LogP contribution in [-0.2, 0) is 4.74 Å². The molecule has 1 atom stereocenters. The van der Waals surface area contributed by atoms with Crippen molar-refractivity contribution in [2.45, 2.75) is 19.0 Å². The Bertz CT molecular complexity index is 360. The molecule has 2 rings (SSSR count). The van der Waals surface area contributed by atoms with Gasteiger partial charge in [-0.25, -0.2) is 8.78 Å². The third-order valence-corrected chi connectivity index (χ3v) is 2.83. The third kappa shape index (κ3) is 2.29. The SMILES string of the molecule is CO[C@H]1CCN(c2ccnc(C(F)F)c2)C1. The Kier molecular flexibility index (Phi) is 3.33. The lowest BCUT2D eigenvalue weighted by atomic mass is 10.3. The van der Waals surface area contributed by atoms with Crippen molar-refractivity contribution in [3.8, 4) is 0 Å². The largest absolute Gasteiger partial charge is 0.380 e. The Morgan fingerprint density at radius 1 is 1.56 bits per heavy atom. The number of anilines is 1. The van der Waals surface area contributed by atoms with Gasteiger partial charge in [0.05, 0.1) is 6.10 Å². The zero-order valence-electron chi connectivity index (χ0n) is 9.07. The standard InChI is InChI=1S/C11H14F2N2O/c1-16-9-3-5-15(7-9)8-2-4-14-10(6-8)11(12)13/h2,4,6,9,11H,3,5,7H2,1H3/t9-/m0/s1. The van der Waals surface area contributed by atoms with E-state index in [1.54, 1.807) is 13.2 Å². The van der Waals surface area contributed by atoms with Crippen molar-refractivity contribution in [3.05, 3.63) is 24.0 Å². The van der Waals surface area contributed by atoms with Crippen molar-refractivity contribution in [1.29, 1.82) is 0 Å². The molecule has 0 amide bonds. The van der Waals surface area contributed by atoms with E-state index < -0.39 is 6.43 Å². The molecule has 0 unspecified atom stereocenters. The van der Waals surface area contributed by atoms with Gasteiger partial charge in [-0.05, 0) is 18.6 Å². The summed E-state index contributed by atoms with van der Waals surface area (Å²) in [7, 11) is 1.67. The maximum Gasteiger partial charge on any atom is 0.280 e. The topological polar surface area (TPSA) is 25.4 Å². The van der Waals surface area contributed by atoms with Crippen LogP contribution in [0, 0.1) is 0 Å². The van der Waals surface area contributed by atoms with Gasteiger partial charge in [0.15, 0.2) is 0 Å². The van der Waals surface area contributed by atoms with Gasteiger partial charge in [-0.2, -0.15) is 0 Å². The first-order chi connectivity index (χ1) is 7.70. The van der Waals surface area contributed by atoms with Gasteiger partial charge in [-0.3, -0.25) is 4.98 Å². The zero-order chi connectivity index (χ0) is 11.5. The van der Waals surface area contributed by atoms with Crippen LogP contribution in [0.5, 0.6) is 0 Å². The van der Waals surface area contributed by atoms with E-state index in [0.717, 1.165) is 25.2 Å². The summed E-state index contributed by atoms with van der Waals surface area (Å²) in [6.07, 6.45) is 0.0451. The minimum Gasteiger partial charge on any atom is -0.380 e. The van der Waals surface area contributed by atoms with E-state index in [1.165, 1.54) is 12.3 Å². The van der Waals surface area contributed by atoms with Gasteiger partial charge in [0.25, 0.3) is 6.43 Å². The van der Waals surface area contributed by atoms with Crippen LogP contribution in [0.15, 0.2) is 18.3 Å². The molecule has 0 spiro atoms.